The van der Waals surface area contributed by atoms with Crippen molar-refractivity contribution in [3.05, 3.63) is 33.0 Å². The third kappa shape index (κ3) is 1.46. The van der Waals surface area contributed by atoms with Crippen LogP contribution in [0.2, 0.25) is 5.02 Å². The lowest BCUT2D eigenvalue weighted by Gasteiger charge is -2.03. The van der Waals surface area contributed by atoms with Crippen LogP contribution < -0.4 is 0 Å². The first-order valence-corrected chi connectivity index (χ1v) is 5.07. The Kier molecular flexibility index (Phi) is 2.29. The molecule has 0 saturated heterocycles. The van der Waals surface area contributed by atoms with Gasteiger partial charge in [-0.15, -0.1) is 0 Å². The molecule has 1 N–H and O–H groups in total. The van der Waals surface area contributed by atoms with Gasteiger partial charge in [0.25, 0.3) is 0 Å². The second-order valence-electron chi connectivity index (χ2n) is 2.59. The number of aromatic hydroxyl groups is 1. The molecule has 0 aliphatic heterocycles. The van der Waals surface area contributed by atoms with E-state index >= 15 is 0 Å². The fourth-order valence-electron chi connectivity index (χ4n) is 1.16. The zero-order chi connectivity index (χ0) is 9.42. The molecule has 0 unspecified atom stereocenters. The minimum absolute atomic E-state index is 0.195. The molecule has 0 aliphatic rings. The minimum Gasteiger partial charge on any atom is -0.505 e. The molecule has 0 amide bonds. The smallest absolute Gasteiger partial charge is 0.155 e. The topological polar surface area (TPSA) is 33.1 Å². The number of phenols is 1. The van der Waals surface area contributed by atoms with Crippen molar-refractivity contribution >= 4 is 45.1 Å². The van der Waals surface area contributed by atoms with Gasteiger partial charge in [-0.1, -0.05) is 11.6 Å². The number of pyridine rings is 1. The van der Waals surface area contributed by atoms with Gasteiger partial charge in [0.15, 0.2) is 5.75 Å². The number of aromatic nitrogens is 1. The van der Waals surface area contributed by atoms with Crippen molar-refractivity contribution in [1.82, 2.24) is 4.98 Å². The van der Waals surface area contributed by atoms with E-state index in [1.54, 1.807) is 18.3 Å². The van der Waals surface area contributed by atoms with Crippen molar-refractivity contribution in [2.75, 3.05) is 0 Å². The molecule has 0 atom stereocenters. The normalized spacial score (nSPS) is 10.6. The van der Waals surface area contributed by atoms with E-state index in [2.05, 4.69) is 4.98 Å². The molecule has 0 bridgehead atoms. The monoisotopic (exact) mass is 302 g/mol. The Balaban J connectivity index is 2.97. The summed E-state index contributed by atoms with van der Waals surface area (Å²) in [5.74, 6) is 0.195. The number of hydrogen-bond acceptors (Lipinski definition) is 2. The maximum absolute atomic E-state index is 9.65. The van der Waals surface area contributed by atoms with Crippen LogP contribution in [0.5, 0.6) is 5.75 Å². The maximum Gasteiger partial charge on any atom is 0.155 e. The predicted octanol–water partition coefficient (Wildman–Crippen LogP) is 3.20. The molecule has 1 heterocycles. The molecular weight excluding hydrogens is 297 g/mol. The molecule has 0 aliphatic carbocycles. The number of hydrogen-bond donors (Lipinski definition) is 1. The zero-order valence-corrected chi connectivity index (χ0v) is 9.37. The SMILES string of the molecule is Oc1c([124I])cc(Cl)c2cccnc12. The molecule has 2 nitrogen and oxygen atoms in total. The maximum atomic E-state index is 9.65. The third-order valence-corrected chi connectivity index (χ3v) is 2.90. The predicted molar refractivity (Wildman–Crippen MR) is 61.1 cm³/mol. The van der Waals surface area contributed by atoms with E-state index in [-0.39, 0.29) is 5.75 Å². The van der Waals surface area contributed by atoms with Crippen LogP contribution in [0.4, 0.5) is 0 Å². The highest BCUT2D eigenvalue weighted by molar-refractivity contribution is 14.1. The van der Waals surface area contributed by atoms with Crippen molar-refractivity contribution in [3.8, 4) is 5.75 Å². The standard InChI is InChI=1S/C9H5ClINO/c10-6-4-7(11)9(13)8-5(6)2-1-3-12-8/h1-4,13H/i11-3. The summed E-state index contributed by atoms with van der Waals surface area (Å²) in [6.07, 6.45) is 1.63. The van der Waals surface area contributed by atoms with E-state index in [0.29, 0.717) is 14.1 Å². The summed E-state index contributed by atoms with van der Waals surface area (Å²) in [6.45, 7) is 0. The highest BCUT2D eigenvalue weighted by Gasteiger charge is 2.08. The number of benzene rings is 1. The third-order valence-electron chi connectivity index (χ3n) is 1.77. The fourth-order valence-corrected chi connectivity index (χ4v) is 2.17. The van der Waals surface area contributed by atoms with Gasteiger partial charge in [0, 0.05) is 11.6 Å². The molecule has 0 radical (unpaired) electrons. The summed E-state index contributed by atoms with van der Waals surface area (Å²) >= 11 is 8.00. The number of rotatable bonds is 0. The number of nitrogens with zero attached hydrogens (tertiary/aromatic N) is 1. The van der Waals surface area contributed by atoms with Crippen molar-refractivity contribution in [3.63, 3.8) is 0 Å². The quantitative estimate of drug-likeness (QED) is 0.758. The summed E-state index contributed by atoms with van der Waals surface area (Å²) in [6, 6.07) is 5.35. The second-order valence-corrected chi connectivity index (χ2v) is 4.16. The largest absolute Gasteiger partial charge is 0.505 e. The summed E-state index contributed by atoms with van der Waals surface area (Å²) in [5.41, 5.74) is 0.555. The summed E-state index contributed by atoms with van der Waals surface area (Å²) < 4.78 is 0.716. The minimum atomic E-state index is 0.195. The van der Waals surface area contributed by atoms with E-state index in [0.717, 1.165) is 5.39 Å². The molecule has 0 spiro atoms. The first kappa shape index (κ1) is 9.02. The average molecular weight is 303 g/mol. The van der Waals surface area contributed by atoms with Gasteiger partial charge in [-0.3, -0.25) is 4.98 Å². The Morgan fingerprint density at radius 2 is 2.23 bits per heavy atom. The molecule has 1 aromatic heterocycles. The van der Waals surface area contributed by atoms with Gasteiger partial charge in [-0.25, -0.2) is 0 Å². The van der Waals surface area contributed by atoms with E-state index in [4.69, 9.17) is 11.6 Å². The van der Waals surface area contributed by atoms with Crippen molar-refractivity contribution in [1.29, 1.82) is 0 Å². The molecule has 13 heavy (non-hydrogen) atoms. The van der Waals surface area contributed by atoms with Crippen LogP contribution in [0, 0.1) is 3.57 Å². The van der Waals surface area contributed by atoms with Crippen molar-refractivity contribution in [2.45, 2.75) is 0 Å². The highest BCUT2D eigenvalue weighted by Crippen LogP contribution is 2.33. The molecule has 1 aromatic carbocycles. The van der Waals surface area contributed by atoms with Crippen LogP contribution in [0.3, 0.4) is 0 Å². The molecular formula is C9H5ClINO. The number of halogens is 2. The van der Waals surface area contributed by atoms with Crippen LogP contribution in [-0.4, -0.2) is 10.1 Å². The first-order valence-electron chi connectivity index (χ1n) is 3.62. The van der Waals surface area contributed by atoms with Crippen LogP contribution >= 0.6 is 34.2 Å². The Labute approximate surface area is 93.7 Å². The Hall–Kier alpha value is -0.550. The lowest BCUT2D eigenvalue weighted by atomic mass is 10.2. The molecule has 0 fully saturated rings. The number of phenolic OH excluding ortho intramolecular Hbond substituents is 1. The zero-order valence-electron chi connectivity index (χ0n) is 6.46. The first-order chi connectivity index (χ1) is 6.20. The average Bonchev–Trinajstić information content (AvgIpc) is 2.15. The van der Waals surface area contributed by atoms with Gasteiger partial charge < -0.3 is 5.11 Å². The lowest BCUT2D eigenvalue weighted by molar-refractivity contribution is 0.476. The highest BCUT2D eigenvalue weighted by atomic mass is 124. The van der Waals surface area contributed by atoms with Crippen LogP contribution in [0.25, 0.3) is 10.9 Å². The summed E-state index contributed by atoms with van der Waals surface area (Å²) in [5, 5.41) is 11.0. The molecule has 4 heteroatoms. The van der Waals surface area contributed by atoms with Crippen molar-refractivity contribution < 1.29 is 5.11 Å². The Morgan fingerprint density at radius 1 is 1.46 bits per heavy atom. The summed E-state index contributed by atoms with van der Waals surface area (Å²) in [7, 11) is 0. The van der Waals surface area contributed by atoms with Gasteiger partial charge in [-0.05, 0) is 40.8 Å². The van der Waals surface area contributed by atoms with Gasteiger partial charge in [-0.2, -0.15) is 0 Å². The molecule has 66 valence electrons. The van der Waals surface area contributed by atoms with Crippen LogP contribution in [0.15, 0.2) is 24.4 Å². The van der Waals surface area contributed by atoms with Gasteiger partial charge in [0.1, 0.15) is 5.52 Å². The van der Waals surface area contributed by atoms with Gasteiger partial charge in [0.2, 0.25) is 0 Å². The summed E-state index contributed by atoms with van der Waals surface area (Å²) in [4.78, 5) is 4.06. The molecule has 2 aromatic rings. The number of fused-ring (bicyclic) bond motifs is 1. The van der Waals surface area contributed by atoms with E-state index in [1.165, 1.54) is 0 Å². The lowest BCUT2D eigenvalue weighted by Crippen LogP contribution is -1.83. The van der Waals surface area contributed by atoms with Gasteiger partial charge >= 0.3 is 0 Å². The molecule has 2 rings (SSSR count). The van der Waals surface area contributed by atoms with E-state index in [9.17, 15) is 5.11 Å². The Morgan fingerprint density at radius 3 is 3.00 bits per heavy atom. The Bertz CT molecular complexity index is 472. The van der Waals surface area contributed by atoms with Crippen LogP contribution in [0.1, 0.15) is 0 Å². The van der Waals surface area contributed by atoms with Crippen molar-refractivity contribution in [2.24, 2.45) is 0 Å². The fraction of sp³-hybridized carbons (Fsp3) is 0. The van der Waals surface area contributed by atoms with Crippen LogP contribution in [-0.2, 0) is 0 Å². The van der Waals surface area contributed by atoms with E-state index < -0.39 is 0 Å². The van der Waals surface area contributed by atoms with Gasteiger partial charge in [0.05, 0.1) is 8.59 Å². The van der Waals surface area contributed by atoms with E-state index in [1.807, 2.05) is 28.7 Å². The molecule has 0 saturated carbocycles. The second kappa shape index (κ2) is 3.31.